The summed E-state index contributed by atoms with van der Waals surface area (Å²) in [6, 6.07) is 1.72. The molecule has 0 radical (unpaired) electrons. The first-order valence-electron chi connectivity index (χ1n) is 3.69. The van der Waals surface area contributed by atoms with E-state index < -0.39 is 6.10 Å². The number of thiazole rings is 1. The molecular weight excluding hydrogens is 334 g/mol. The molecule has 6 heteroatoms. The predicted octanol–water partition coefficient (Wildman–Crippen LogP) is 3.34. The van der Waals surface area contributed by atoms with Gasteiger partial charge in [-0.05, 0) is 37.9 Å². The summed E-state index contributed by atoms with van der Waals surface area (Å²) in [6.07, 6.45) is -0.802. The van der Waals surface area contributed by atoms with E-state index in [1.54, 1.807) is 17.0 Å². The highest BCUT2D eigenvalue weighted by atomic mass is 79.9. The van der Waals surface area contributed by atoms with Crippen molar-refractivity contribution < 1.29 is 9.52 Å². The molecule has 1 unspecified atom stereocenters. The van der Waals surface area contributed by atoms with Crippen molar-refractivity contribution in [1.29, 1.82) is 0 Å². The maximum Gasteiger partial charge on any atom is 0.183 e. The van der Waals surface area contributed by atoms with Crippen molar-refractivity contribution in [3.63, 3.8) is 0 Å². The van der Waals surface area contributed by atoms with E-state index in [0.29, 0.717) is 16.1 Å². The summed E-state index contributed by atoms with van der Waals surface area (Å²) in [5.74, 6) is 0.467. The lowest BCUT2D eigenvalue weighted by Gasteiger charge is -2.02. The van der Waals surface area contributed by atoms with Crippen molar-refractivity contribution in [3.05, 3.63) is 37.6 Å². The Morgan fingerprint density at radius 2 is 2.29 bits per heavy atom. The summed E-state index contributed by atoms with van der Waals surface area (Å²) in [4.78, 5) is 4.01. The number of furan rings is 1. The Morgan fingerprint density at radius 1 is 1.50 bits per heavy atom. The summed E-state index contributed by atoms with van der Waals surface area (Å²) in [5, 5.41) is 11.6. The third kappa shape index (κ3) is 1.93. The zero-order chi connectivity index (χ0) is 10.1. The molecular formula is C8H5Br2NO2S. The number of aliphatic hydroxyl groups is 1. The third-order valence-corrected chi connectivity index (χ3v) is 3.98. The molecule has 2 rings (SSSR count). The fourth-order valence-electron chi connectivity index (χ4n) is 1.00. The molecule has 0 amide bonds. The van der Waals surface area contributed by atoms with Crippen LogP contribution < -0.4 is 0 Å². The molecule has 0 aliphatic carbocycles. The lowest BCUT2D eigenvalue weighted by atomic mass is 10.2. The van der Waals surface area contributed by atoms with Crippen molar-refractivity contribution in [2.45, 2.75) is 6.10 Å². The summed E-state index contributed by atoms with van der Waals surface area (Å²) in [7, 11) is 0. The normalized spacial score (nSPS) is 13.1. The molecule has 0 spiro atoms. The van der Waals surface area contributed by atoms with Crippen LogP contribution in [0.5, 0.6) is 0 Å². The van der Waals surface area contributed by atoms with Crippen molar-refractivity contribution >= 4 is 43.2 Å². The van der Waals surface area contributed by atoms with Crippen LogP contribution in [0.1, 0.15) is 17.6 Å². The van der Waals surface area contributed by atoms with E-state index in [9.17, 15) is 5.11 Å². The second-order valence-corrected chi connectivity index (χ2v) is 4.88. The number of nitrogens with zero attached hydrogens (tertiary/aromatic N) is 1. The molecule has 3 nitrogen and oxygen atoms in total. The summed E-state index contributed by atoms with van der Waals surface area (Å²) >= 11 is 7.92. The van der Waals surface area contributed by atoms with Gasteiger partial charge in [-0.25, -0.2) is 4.98 Å². The molecule has 74 valence electrons. The Hall–Kier alpha value is -0.170. The number of aromatic nitrogens is 1. The van der Waals surface area contributed by atoms with Crippen molar-refractivity contribution in [2.24, 2.45) is 0 Å². The van der Waals surface area contributed by atoms with Crippen LogP contribution in [0.4, 0.5) is 0 Å². The molecule has 0 saturated heterocycles. The highest BCUT2D eigenvalue weighted by molar-refractivity contribution is 9.13. The molecule has 1 N–H and O–H groups in total. The van der Waals surface area contributed by atoms with Gasteiger partial charge >= 0.3 is 0 Å². The second-order valence-electron chi connectivity index (χ2n) is 2.59. The first-order chi connectivity index (χ1) is 6.68. The molecule has 0 aliphatic heterocycles. The smallest absolute Gasteiger partial charge is 0.183 e. The Bertz CT molecular complexity index is 407. The fourth-order valence-corrected chi connectivity index (χ4v) is 2.18. The minimum atomic E-state index is -0.802. The van der Waals surface area contributed by atoms with E-state index in [1.807, 2.05) is 0 Å². The Labute approximate surface area is 101 Å². The standard InChI is InChI=1S/C8H5Br2NO2S/c9-4-1-6(13-8(4)10)7(12)5-2-14-3-11-5/h1-3,7,12H. The van der Waals surface area contributed by atoms with Crippen LogP contribution in [0.3, 0.4) is 0 Å². The predicted molar refractivity (Wildman–Crippen MR) is 60.3 cm³/mol. The molecule has 2 aromatic rings. The maximum absolute atomic E-state index is 9.83. The summed E-state index contributed by atoms with van der Waals surface area (Å²) in [6.45, 7) is 0. The van der Waals surface area contributed by atoms with Crippen LogP contribution in [-0.2, 0) is 0 Å². The number of hydrogen-bond acceptors (Lipinski definition) is 4. The molecule has 0 aromatic carbocycles. The molecule has 1 atom stereocenters. The van der Waals surface area contributed by atoms with Crippen LogP contribution in [0.2, 0.25) is 0 Å². The van der Waals surface area contributed by atoms with Gasteiger partial charge in [0.15, 0.2) is 10.8 Å². The van der Waals surface area contributed by atoms with Crippen LogP contribution in [0, 0.1) is 0 Å². The van der Waals surface area contributed by atoms with Crippen molar-refractivity contribution in [3.8, 4) is 0 Å². The van der Waals surface area contributed by atoms with Gasteiger partial charge in [0.05, 0.1) is 15.7 Å². The van der Waals surface area contributed by atoms with Crippen molar-refractivity contribution in [2.75, 3.05) is 0 Å². The minimum Gasteiger partial charge on any atom is -0.450 e. The Balaban J connectivity index is 2.32. The van der Waals surface area contributed by atoms with Gasteiger partial charge in [-0.3, -0.25) is 0 Å². The molecule has 0 bridgehead atoms. The van der Waals surface area contributed by atoms with E-state index in [-0.39, 0.29) is 0 Å². The van der Waals surface area contributed by atoms with E-state index in [1.165, 1.54) is 11.3 Å². The van der Waals surface area contributed by atoms with Crippen LogP contribution in [0.25, 0.3) is 0 Å². The maximum atomic E-state index is 9.83. The molecule has 2 heterocycles. The Morgan fingerprint density at radius 3 is 2.79 bits per heavy atom. The van der Waals surface area contributed by atoms with Gasteiger partial charge in [0, 0.05) is 5.38 Å². The molecule has 0 fully saturated rings. The molecule has 0 aliphatic rings. The quantitative estimate of drug-likeness (QED) is 0.913. The van der Waals surface area contributed by atoms with Gasteiger partial charge in [0.2, 0.25) is 0 Å². The number of aliphatic hydroxyl groups excluding tert-OH is 1. The number of halogens is 2. The minimum absolute atomic E-state index is 0.467. The van der Waals surface area contributed by atoms with E-state index in [2.05, 4.69) is 36.8 Å². The molecule has 14 heavy (non-hydrogen) atoms. The number of hydrogen-bond donors (Lipinski definition) is 1. The third-order valence-electron chi connectivity index (χ3n) is 1.67. The first kappa shape index (κ1) is 10.4. The van der Waals surface area contributed by atoms with E-state index in [0.717, 1.165) is 4.47 Å². The first-order valence-corrected chi connectivity index (χ1v) is 6.22. The SMILES string of the molecule is OC(c1cscn1)c1cc(Br)c(Br)o1. The van der Waals surface area contributed by atoms with E-state index in [4.69, 9.17) is 4.42 Å². The van der Waals surface area contributed by atoms with Crippen LogP contribution in [-0.4, -0.2) is 10.1 Å². The number of rotatable bonds is 2. The highest BCUT2D eigenvalue weighted by Crippen LogP contribution is 2.32. The van der Waals surface area contributed by atoms with Crippen molar-refractivity contribution in [1.82, 2.24) is 4.98 Å². The lowest BCUT2D eigenvalue weighted by Crippen LogP contribution is -1.97. The molecule has 0 saturated carbocycles. The zero-order valence-corrected chi connectivity index (χ0v) is 10.8. The van der Waals surface area contributed by atoms with Gasteiger partial charge in [0.25, 0.3) is 0 Å². The monoisotopic (exact) mass is 337 g/mol. The van der Waals surface area contributed by atoms with Gasteiger partial charge < -0.3 is 9.52 Å². The van der Waals surface area contributed by atoms with Gasteiger partial charge in [-0.1, -0.05) is 0 Å². The summed E-state index contributed by atoms with van der Waals surface area (Å²) in [5.41, 5.74) is 2.27. The lowest BCUT2D eigenvalue weighted by molar-refractivity contribution is 0.184. The van der Waals surface area contributed by atoms with Crippen LogP contribution >= 0.6 is 43.2 Å². The summed E-state index contributed by atoms with van der Waals surface area (Å²) < 4.78 is 6.63. The zero-order valence-electron chi connectivity index (χ0n) is 6.78. The fraction of sp³-hybridized carbons (Fsp3) is 0.125. The Kier molecular flexibility index (Phi) is 3.06. The highest BCUT2D eigenvalue weighted by Gasteiger charge is 2.18. The second kappa shape index (κ2) is 4.14. The largest absolute Gasteiger partial charge is 0.450 e. The topological polar surface area (TPSA) is 46.3 Å². The average molecular weight is 339 g/mol. The molecule has 2 aromatic heterocycles. The van der Waals surface area contributed by atoms with Crippen LogP contribution in [0.15, 0.2) is 30.5 Å². The average Bonchev–Trinajstić information content (AvgIpc) is 2.76. The van der Waals surface area contributed by atoms with Gasteiger partial charge in [-0.2, -0.15) is 0 Å². The van der Waals surface area contributed by atoms with Gasteiger partial charge in [0.1, 0.15) is 5.76 Å². The van der Waals surface area contributed by atoms with Gasteiger partial charge in [-0.15, -0.1) is 11.3 Å². The van der Waals surface area contributed by atoms with E-state index >= 15 is 0 Å².